The highest BCUT2D eigenvalue weighted by atomic mass is 79.9. The lowest BCUT2D eigenvalue weighted by Crippen LogP contribution is -2.32. The number of halogens is 1. The Labute approximate surface area is 121 Å². The van der Waals surface area contributed by atoms with Crippen LogP contribution in [-0.2, 0) is 0 Å². The molecule has 1 aromatic rings. The molecule has 0 saturated heterocycles. The molecule has 2 unspecified atom stereocenters. The lowest BCUT2D eigenvalue weighted by molar-refractivity contribution is -0.384. The van der Waals surface area contributed by atoms with Gasteiger partial charge in [-0.15, -0.1) is 0 Å². The number of pyridine rings is 1. The molecule has 104 valence electrons. The fraction of sp³-hybridized carbons (Fsp3) is 0.615. The van der Waals surface area contributed by atoms with E-state index in [9.17, 15) is 10.1 Å². The largest absolute Gasteiger partial charge is 0.361 e. The fourth-order valence-corrected chi connectivity index (χ4v) is 3.06. The molecule has 5 nitrogen and oxygen atoms in total. The zero-order valence-electron chi connectivity index (χ0n) is 10.9. The summed E-state index contributed by atoms with van der Waals surface area (Å²) in [6.07, 6.45) is 7.39. The van der Waals surface area contributed by atoms with Crippen LogP contribution in [0.15, 0.2) is 16.7 Å². The molecule has 6 heteroatoms. The van der Waals surface area contributed by atoms with Crippen molar-refractivity contribution in [1.82, 2.24) is 4.98 Å². The molecule has 1 aliphatic carbocycles. The lowest BCUT2D eigenvalue weighted by atomic mass is 9.83. The number of nitrogens with one attached hydrogen (secondary N) is 1. The summed E-state index contributed by atoms with van der Waals surface area (Å²) >= 11 is 3.22. The Morgan fingerprint density at radius 3 is 2.95 bits per heavy atom. The van der Waals surface area contributed by atoms with Crippen LogP contribution in [-0.4, -0.2) is 15.9 Å². The van der Waals surface area contributed by atoms with Gasteiger partial charge in [0, 0.05) is 22.8 Å². The Hall–Kier alpha value is -1.17. The topological polar surface area (TPSA) is 68.1 Å². The summed E-state index contributed by atoms with van der Waals surface area (Å²) in [5.41, 5.74) is 0.0369. The highest BCUT2D eigenvalue weighted by Gasteiger charge is 2.26. The van der Waals surface area contributed by atoms with Crippen LogP contribution in [0.3, 0.4) is 0 Å². The molecule has 2 rings (SSSR count). The second-order valence-electron chi connectivity index (χ2n) is 4.98. The number of nitro groups is 1. The van der Waals surface area contributed by atoms with Crippen molar-refractivity contribution in [2.75, 3.05) is 5.32 Å². The van der Waals surface area contributed by atoms with Gasteiger partial charge in [0.1, 0.15) is 0 Å². The van der Waals surface area contributed by atoms with E-state index >= 15 is 0 Å². The summed E-state index contributed by atoms with van der Waals surface area (Å²) in [6.45, 7) is 2.17. The van der Waals surface area contributed by atoms with Gasteiger partial charge < -0.3 is 5.32 Å². The van der Waals surface area contributed by atoms with E-state index < -0.39 is 0 Å². The van der Waals surface area contributed by atoms with E-state index in [1.165, 1.54) is 25.3 Å². The zero-order valence-corrected chi connectivity index (χ0v) is 12.5. The molecule has 1 fully saturated rings. The van der Waals surface area contributed by atoms with Crippen molar-refractivity contribution in [2.24, 2.45) is 5.92 Å². The van der Waals surface area contributed by atoms with Gasteiger partial charge >= 0.3 is 5.69 Å². The van der Waals surface area contributed by atoms with Crippen molar-refractivity contribution in [2.45, 2.75) is 45.1 Å². The molecule has 0 spiro atoms. The maximum absolute atomic E-state index is 11.1. The molecule has 0 aromatic carbocycles. The summed E-state index contributed by atoms with van der Waals surface area (Å²) in [5, 5.41) is 14.4. The molecule has 0 radical (unpaired) electrons. The molecule has 1 aliphatic rings. The SMILES string of the molecule is CCC1CCCCC1Nc1ncc(Br)cc1[N+](=O)[O-]. The predicted molar refractivity (Wildman–Crippen MR) is 78.3 cm³/mol. The van der Waals surface area contributed by atoms with Gasteiger partial charge in [0.15, 0.2) is 0 Å². The first-order chi connectivity index (χ1) is 9.11. The third kappa shape index (κ3) is 3.43. The molecular weight excluding hydrogens is 310 g/mol. The van der Waals surface area contributed by atoms with Crippen LogP contribution in [0.2, 0.25) is 0 Å². The minimum absolute atomic E-state index is 0.0369. The monoisotopic (exact) mass is 327 g/mol. The maximum Gasteiger partial charge on any atom is 0.312 e. The molecule has 1 heterocycles. The van der Waals surface area contributed by atoms with Gasteiger partial charge in [-0.05, 0) is 34.7 Å². The fourth-order valence-electron chi connectivity index (χ4n) is 2.74. The van der Waals surface area contributed by atoms with E-state index in [1.54, 1.807) is 6.20 Å². The smallest absolute Gasteiger partial charge is 0.312 e. The van der Waals surface area contributed by atoms with Crippen molar-refractivity contribution in [3.05, 3.63) is 26.9 Å². The standard InChI is InChI=1S/C13H18BrN3O2/c1-2-9-5-3-4-6-11(9)16-13-12(17(18)19)7-10(14)8-15-13/h7-9,11H,2-6H2,1H3,(H,15,16). The first-order valence-electron chi connectivity index (χ1n) is 6.68. The second-order valence-corrected chi connectivity index (χ2v) is 5.90. The maximum atomic E-state index is 11.1. The Bertz CT molecular complexity index is 467. The van der Waals surface area contributed by atoms with Gasteiger partial charge in [-0.3, -0.25) is 10.1 Å². The quantitative estimate of drug-likeness (QED) is 0.666. The van der Waals surface area contributed by atoms with Crippen LogP contribution in [0.5, 0.6) is 0 Å². The molecule has 0 aliphatic heterocycles. The Morgan fingerprint density at radius 1 is 1.53 bits per heavy atom. The number of hydrogen-bond acceptors (Lipinski definition) is 4. The van der Waals surface area contributed by atoms with E-state index in [0.717, 1.165) is 12.8 Å². The van der Waals surface area contributed by atoms with Crippen LogP contribution in [0.4, 0.5) is 11.5 Å². The molecule has 2 atom stereocenters. The van der Waals surface area contributed by atoms with Gasteiger partial charge in [-0.2, -0.15) is 0 Å². The Morgan fingerprint density at radius 2 is 2.26 bits per heavy atom. The first-order valence-corrected chi connectivity index (χ1v) is 7.47. The average Bonchev–Trinajstić information content (AvgIpc) is 2.41. The highest BCUT2D eigenvalue weighted by Crippen LogP contribution is 2.32. The van der Waals surface area contributed by atoms with E-state index in [2.05, 4.69) is 33.2 Å². The van der Waals surface area contributed by atoms with Crippen molar-refractivity contribution >= 4 is 27.4 Å². The van der Waals surface area contributed by atoms with Crippen LogP contribution in [0.1, 0.15) is 39.0 Å². The predicted octanol–water partition coefficient (Wildman–Crippen LogP) is 4.13. The summed E-state index contributed by atoms with van der Waals surface area (Å²) < 4.78 is 0.625. The van der Waals surface area contributed by atoms with Crippen LogP contribution in [0.25, 0.3) is 0 Å². The Balaban J connectivity index is 2.20. The third-order valence-corrected chi connectivity index (χ3v) is 4.22. The molecule has 0 amide bonds. The van der Waals surface area contributed by atoms with Crippen LogP contribution >= 0.6 is 15.9 Å². The van der Waals surface area contributed by atoms with Gasteiger partial charge in [0.25, 0.3) is 0 Å². The average molecular weight is 328 g/mol. The first kappa shape index (κ1) is 14.2. The second kappa shape index (κ2) is 6.32. The minimum atomic E-state index is -0.385. The lowest BCUT2D eigenvalue weighted by Gasteiger charge is -2.31. The Kier molecular flexibility index (Phi) is 4.74. The van der Waals surface area contributed by atoms with Gasteiger partial charge in [-0.1, -0.05) is 26.2 Å². The summed E-state index contributed by atoms with van der Waals surface area (Å²) in [4.78, 5) is 14.8. The number of rotatable bonds is 4. The third-order valence-electron chi connectivity index (χ3n) is 3.79. The molecule has 19 heavy (non-hydrogen) atoms. The van der Waals surface area contributed by atoms with Crippen LogP contribution in [0, 0.1) is 16.0 Å². The van der Waals surface area contributed by atoms with Crippen molar-refractivity contribution in [3.63, 3.8) is 0 Å². The van der Waals surface area contributed by atoms with Crippen LogP contribution < -0.4 is 5.32 Å². The summed E-state index contributed by atoms with van der Waals surface area (Å²) in [7, 11) is 0. The molecule has 1 N–H and O–H groups in total. The van der Waals surface area contributed by atoms with E-state index in [1.807, 2.05) is 0 Å². The molecular formula is C13H18BrN3O2. The van der Waals surface area contributed by atoms with E-state index in [0.29, 0.717) is 22.3 Å². The molecule has 1 saturated carbocycles. The van der Waals surface area contributed by atoms with Gasteiger partial charge in [0.2, 0.25) is 5.82 Å². The molecule has 0 bridgehead atoms. The normalized spacial score (nSPS) is 23.1. The van der Waals surface area contributed by atoms with Crippen molar-refractivity contribution in [3.8, 4) is 0 Å². The van der Waals surface area contributed by atoms with Crippen molar-refractivity contribution < 1.29 is 4.92 Å². The van der Waals surface area contributed by atoms with E-state index in [-0.39, 0.29) is 10.6 Å². The number of anilines is 1. The minimum Gasteiger partial charge on any atom is -0.361 e. The van der Waals surface area contributed by atoms with Gasteiger partial charge in [0.05, 0.1) is 4.92 Å². The highest BCUT2D eigenvalue weighted by molar-refractivity contribution is 9.10. The number of aromatic nitrogens is 1. The zero-order chi connectivity index (χ0) is 13.8. The number of nitrogens with zero attached hydrogens (tertiary/aromatic N) is 2. The number of hydrogen-bond donors (Lipinski definition) is 1. The summed E-state index contributed by atoms with van der Waals surface area (Å²) in [6, 6.07) is 1.80. The summed E-state index contributed by atoms with van der Waals surface area (Å²) in [5.74, 6) is 0.970. The van der Waals surface area contributed by atoms with E-state index in [4.69, 9.17) is 0 Å². The molecule has 1 aromatic heterocycles. The van der Waals surface area contributed by atoms with Crippen molar-refractivity contribution in [1.29, 1.82) is 0 Å². The van der Waals surface area contributed by atoms with Gasteiger partial charge in [-0.25, -0.2) is 4.98 Å².